The zero-order chi connectivity index (χ0) is 18.6. The third-order valence-corrected chi connectivity index (χ3v) is 5.31. The Morgan fingerprint density at radius 2 is 1.58 bits per heavy atom. The minimum Gasteiger partial charge on any atom is -0.306 e. The van der Waals surface area contributed by atoms with Crippen LogP contribution in [-0.2, 0) is 6.54 Å². The highest BCUT2D eigenvalue weighted by atomic mass is 28.3. The molecule has 3 rings (SSSR count). The second-order valence-corrected chi connectivity index (χ2v) is 12.6. The molecule has 0 radical (unpaired) electrons. The summed E-state index contributed by atoms with van der Waals surface area (Å²) in [7, 11) is -1.32. The van der Waals surface area contributed by atoms with Gasteiger partial charge in [-0.3, -0.25) is 0 Å². The number of fused-ring (bicyclic) bond motifs is 1. The highest BCUT2D eigenvalue weighted by Crippen LogP contribution is 2.24. The Hall–Kier alpha value is -2.34. The van der Waals surface area contributed by atoms with Gasteiger partial charge >= 0.3 is 0 Å². The van der Waals surface area contributed by atoms with Crippen LogP contribution < -0.4 is 5.32 Å². The van der Waals surface area contributed by atoms with E-state index in [1.54, 1.807) is 0 Å². The molecule has 0 bridgehead atoms. The largest absolute Gasteiger partial charge is 0.306 e. The lowest BCUT2D eigenvalue weighted by Crippen LogP contribution is -2.18. The summed E-state index contributed by atoms with van der Waals surface area (Å²) in [6, 6.07) is 24.0. The number of nitrogens with one attached hydrogen (secondary N) is 1. The van der Waals surface area contributed by atoms with Crippen molar-refractivity contribution in [1.29, 1.82) is 0 Å². The van der Waals surface area contributed by atoms with E-state index in [9.17, 15) is 0 Å². The summed E-state index contributed by atoms with van der Waals surface area (Å²) in [6.07, 6.45) is 0. The first-order valence-electron chi connectivity index (χ1n) is 9.25. The minimum absolute atomic E-state index is 0.299. The summed E-state index contributed by atoms with van der Waals surface area (Å²) >= 11 is 0. The third-order valence-electron chi connectivity index (χ3n) is 4.44. The second-order valence-electron chi connectivity index (χ2n) is 7.87. The van der Waals surface area contributed by atoms with Gasteiger partial charge in [0.25, 0.3) is 0 Å². The van der Waals surface area contributed by atoms with Gasteiger partial charge in [0, 0.05) is 18.2 Å². The molecule has 132 valence electrons. The average Bonchev–Trinajstić information content (AvgIpc) is 2.64. The number of hydrogen-bond donors (Lipinski definition) is 1. The van der Waals surface area contributed by atoms with Gasteiger partial charge in [0.2, 0.25) is 0 Å². The van der Waals surface area contributed by atoms with Crippen LogP contribution in [0.1, 0.15) is 29.7 Å². The molecule has 3 aromatic carbocycles. The predicted molar refractivity (Wildman–Crippen MR) is 116 cm³/mol. The summed E-state index contributed by atoms with van der Waals surface area (Å²) in [6.45, 7) is 9.90. The molecule has 0 saturated heterocycles. The fourth-order valence-corrected chi connectivity index (χ4v) is 3.49. The molecule has 0 fully saturated rings. The molecule has 0 aromatic heterocycles. The lowest BCUT2D eigenvalue weighted by atomic mass is 9.99. The molecule has 2 heteroatoms. The summed E-state index contributed by atoms with van der Waals surface area (Å²) < 4.78 is 0. The van der Waals surface area contributed by atoms with E-state index in [-0.39, 0.29) is 0 Å². The molecular weight excluding hydrogens is 330 g/mol. The van der Waals surface area contributed by atoms with Crippen LogP contribution in [0.15, 0.2) is 66.7 Å². The average molecular weight is 358 g/mol. The van der Waals surface area contributed by atoms with E-state index in [1.807, 2.05) is 0 Å². The summed E-state index contributed by atoms with van der Waals surface area (Å²) in [5.74, 6) is 3.31. The lowest BCUT2D eigenvalue weighted by molar-refractivity contribution is 0.578. The highest BCUT2D eigenvalue weighted by molar-refractivity contribution is 6.83. The number of hydrogen-bond acceptors (Lipinski definition) is 1. The van der Waals surface area contributed by atoms with E-state index < -0.39 is 8.07 Å². The lowest BCUT2D eigenvalue weighted by Gasteiger charge is -2.17. The van der Waals surface area contributed by atoms with Gasteiger partial charge in [0.15, 0.2) is 0 Å². The van der Waals surface area contributed by atoms with Gasteiger partial charge < -0.3 is 5.32 Å². The highest BCUT2D eigenvalue weighted by Gasteiger charge is 2.09. The van der Waals surface area contributed by atoms with Gasteiger partial charge in [-0.2, -0.15) is 0 Å². The van der Waals surface area contributed by atoms with E-state index >= 15 is 0 Å². The van der Waals surface area contributed by atoms with Gasteiger partial charge in [-0.25, -0.2) is 0 Å². The van der Waals surface area contributed by atoms with Crippen molar-refractivity contribution in [3.05, 3.63) is 83.4 Å². The summed E-state index contributed by atoms with van der Waals surface area (Å²) in [5.41, 5.74) is 7.16. The van der Waals surface area contributed by atoms with Crippen molar-refractivity contribution in [3.63, 3.8) is 0 Å². The smallest absolute Gasteiger partial charge is 0.129 e. The molecule has 0 amide bonds. The van der Waals surface area contributed by atoms with Crippen molar-refractivity contribution in [2.45, 2.75) is 39.2 Å². The topological polar surface area (TPSA) is 12.0 Å². The summed E-state index contributed by atoms with van der Waals surface area (Å²) in [4.78, 5) is 0. The molecule has 0 unspecified atom stereocenters. The molecule has 3 aromatic rings. The van der Waals surface area contributed by atoms with E-state index in [2.05, 4.69) is 110 Å². The molecule has 0 aliphatic carbocycles. The van der Waals surface area contributed by atoms with Crippen LogP contribution in [0.2, 0.25) is 19.6 Å². The Labute approximate surface area is 158 Å². The number of benzene rings is 3. The first kappa shape index (κ1) is 18.4. The first-order chi connectivity index (χ1) is 12.4. The first-order valence-corrected chi connectivity index (χ1v) is 12.8. The van der Waals surface area contributed by atoms with Crippen molar-refractivity contribution >= 4 is 18.8 Å². The fraction of sp³-hybridized carbons (Fsp3) is 0.250. The molecule has 0 heterocycles. The van der Waals surface area contributed by atoms with Gasteiger partial charge in [-0.05, 0) is 41.0 Å². The Bertz CT molecular complexity index is 934. The third kappa shape index (κ3) is 4.85. The Morgan fingerprint density at radius 1 is 0.885 bits per heavy atom. The minimum atomic E-state index is -1.32. The monoisotopic (exact) mass is 357 g/mol. The maximum Gasteiger partial charge on any atom is 0.129 e. The predicted octanol–water partition coefficient (Wildman–Crippen LogP) is 5.92. The van der Waals surface area contributed by atoms with Crippen LogP contribution >= 0.6 is 0 Å². The van der Waals surface area contributed by atoms with Crippen molar-refractivity contribution in [1.82, 2.24) is 5.32 Å². The molecule has 0 spiro atoms. The molecule has 0 saturated carbocycles. The van der Waals surface area contributed by atoms with Gasteiger partial charge in [0.1, 0.15) is 8.07 Å². The molecule has 1 N–H and O–H groups in total. The van der Waals surface area contributed by atoms with E-state index in [1.165, 1.54) is 21.9 Å². The maximum atomic E-state index is 3.65. The van der Waals surface area contributed by atoms with Crippen LogP contribution in [0.3, 0.4) is 0 Å². The fourth-order valence-electron chi connectivity index (χ4n) is 2.97. The van der Waals surface area contributed by atoms with Crippen molar-refractivity contribution in [3.8, 4) is 11.5 Å². The molecule has 0 aliphatic rings. The SMILES string of the molecule is C[C@@H](NCc1ccc(C#C[Si](C)(C)C)cc1)c1cccc2ccccc12. The van der Waals surface area contributed by atoms with E-state index in [0.29, 0.717) is 6.04 Å². The standard InChI is InChI=1S/C24H27NSi/c1-19(23-11-7-9-22-8-5-6-10-24(22)23)25-18-21-14-12-20(13-15-21)16-17-26(2,3)4/h5-15,19,25H,18H2,1-4H3/t19-/m1/s1. The van der Waals surface area contributed by atoms with Crippen LogP contribution in [0, 0.1) is 11.5 Å². The summed E-state index contributed by atoms with van der Waals surface area (Å²) in [5, 5.41) is 6.28. The van der Waals surface area contributed by atoms with Crippen LogP contribution in [-0.4, -0.2) is 8.07 Å². The zero-order valence-corrected chi connectivity index (χ0v) is 17.1. The molecule has 1 atom stereocenters. The van der Waals surface area contributed by atoms with E-state index in [0.717, 1.165) is 12.1 Å². The normalized spacial score (nSPS) is 12.5. The molecule has 0 aliphatic heterocycles. The van der Waals surface area contributed by atoms with Gasteiger partial charge in [0.05, 0.1) is 0 Å². The Morgan fingerprint density at radius 3 is 2.31 bits per heavy atom. The van der Waals surface area contributed by atoms with Crippen LogP contribution in [0.4, 0.5) is 0 Å². The van der Waals surface area contributed by atoms with Crippen molar-refractivity contribution < 1.29 is 0 Å². The van der Waals surface area contributed by atoms with Crippen molar-refractivity contribution in [2.24, 2.45) is 0 Å². The Kier molecular flexibility index (Phi) is 5.61. The number of rotatable bonds is 4. The molecular formula is C24H27NSi. The van der Waals surface area contributed by atoms with Gasteiger partial charge in [-0.15, -0.1) is 5.54 Å². The Balaban J connectivity index is 1.67. The van der Waals surface area contributed by atoms with Crippen molar-refractivity contribution in [2.75, 3.05) is 0 Å². The molecule has 26 heavy (non-hydrogen) atoms. The maximum absolute atomic E-state index is 3.65. The zero-order valence-electron chi connectivity index (χ0n) is 16.1. The van der Waals surface area contributed by atoms with Crippen LogP contribution in [0.5, 0.6) is 0 Å². The quantitative estimate of drug-likeness (QED) is 0.451. The molecule has 1 nitrogen and oxygen atoms in total. The second kappa shape index (κ2) is 7.91. The van der Waals surface area contributed by atoms with Crippen LogP contribution in [0.25, 0.3) is 10.8 Å². The van der Waals surface area contributed by atoms with Gasteiger partial charge in [-0.1, -0.05) is 80.2 Å². The van der Waals surface area contributed by atoms with E-state index in [4.69, 9.17) is 0 Å².